The number of carbonyl (C=O) groups excluding carboxylic acids is 1. The Morgan fingerprint density at radius 1 is 1.45 bits per heavy atom. The molecule has 1 saturated carbocycles. The minimum absolute atomic E-state index is 0.0969. The van der Waals surface area contributed by atoms with Crippen molar-refractivity contribution in [3.63, 3.8) is 0 Å². The third kappa shape index (κ3) is 1.84. The molecule has 2 bridgehead atoms. The van der Waals surface area contributed by atoms with Crippen LogP contribution in [0.1, 0.15) is 44.1 Å². The lowest BCUT2D eigenvalue weighted by Gasteiger charge is -2.54. The Morgan fingerprint density at radius 2 is 2.27 bits per heavy atom. The number of amides is 1. The summed E-state index contributed by atoms with van der Waals surface area (Å²) in [7, 11) is 0. The molecule has 4 nitrogen and oxygen atoms in total. The monoisotopic (exact) mass is 363 g/mol. The van der Waals surface area contributed by atoms with E-state index in [2.05, 4.69) is 21.2 Å². The predicted octanol–water partition coefficient (Wildman–Crippen LogP) is 3.77. The number of carbonyl (C=O) groups is 1. The molecule has 2 heterocycles. The van der Waals surface area contributed by atoms with Gasteiger partial charge in [-0.05, 0) is 38.0 Å². The van der Waals surface area contributed by atoms with Crippen LogP contribution >= 0.6 is 15.9 Å². The molecule has 0 spiro atoms. The van der Waals surface area contributed by atoms with E-state index in [-0.39, 0.29) is 23.5 Å². The Balaban J connectivity index is 1.97. The highest BCUT2D eigenvalue weighted by atomic mass is 79.9. The summed E-state index contributed by atoms with van der Waals surface area (Å²) < 4.78 is 7.25. The molecule has 116 valence electrons. The molecule has 22 heavy (non-hydrogen) atoms. The number of benzene rings is 1. The summed E-state index contributed by atoms with van der Waals surface area (Å²) in [6.07, 6.45) is 4.00. The molecule has 1 aromatic carbocycles. The molecule has 1 amide bonds. The van der Waals surface area contributed by atoms with Gasteiger partial charge in [0.05, 0.1) is 11.3 Å². The highest BCUT2D eigenvalue weighted by Crippen LogP contribution is 2.56. The molecule has 2 N–H and O–H groups in total. The maximum atomic E-state index is 12.6. The van der Waals surface area contributed by atoms with Crippen LogP contribution in [0.15, 0.2) is 34.0 Å². The molecular weight excluding hydrogens is 346 g/mol. The smallest absolute Gasteiger partial charge is 0.254 e. The molecule has 5 heteroatoms. The maximum absolute atomic E-state index is 12.6. The molecule has 0 radical (unpaired) electrons. The Hall–Kier alpha value is -1.49. The Kier molecular flexibility index (Phi) is 3.05. The van der Waals surface area contributed by atoms with E-state index in [0.717, 1.165) is 41.5 Å². The summed E-state index contributed by atoms with van der Waals surface area (Å²) in [5.41, 5.74) is 0.875. The Morgan fingerprint density at radius 3 is 3.05 bits per heavy atom. The van der Waals surface area contributed by atoms with Crippen molar-refractivity contribution in [1.29, 1.82) is 0 Å². The average Bonchev–Trinajstić information content (AvgIpc) is 2.46. The van der Waals surface area contributed by atoms with Crippen molar-refractivity contribution >= 4 is 21.8 Å². The zero-order valence-corrected chi connectivity index (χ0v) is 13.9. The summed E-state index contributed by atoms with van der Waals surface area (Å²) in [6, 6.07) is 5.91. The highest BCUT2D eigenvalue weighted by molar-refractivity contribution is 9.10. The molecule has 2 fully saturated rings. The lowest BCUT2D eigenvalue weighted by Crippen LogP contribution is -2.66. The van der Waals surface area contributed by atoms with Crippen LogP contribution in [0.5, 0.6) is 5.75 Å². The minimum Gasteiger partial charge on any atom is -0.512 e. The van der Waals surface area contributed by atoms with Crippen molar-refractivity contribution in [3.05, 3.63) is 39.6 Å². The highest BCUT2D eigenvalue weighted by Gasteiger charge is 2.57. The zero-order chi connectivity index (χ0) is 15.5. The Labute approximate surface area is 137 Å². The van der Waals surface area contributed by atoms with Gasteiger partial charge in [0.1, 0.15) is 5.75 Å². The second-order valence-corrected chi connectivity index (χ2v) is 7.37. The fourth-order valence-electron chi connectivity index (χ4n) is 4.33. The first-order valence-corrected chi connectivity index (χ1v) is 8.52. The predicted molar refractivity (Wildman–Crippen MR) is 85.7 cm³/mol. The van der Waals surface area contributed by atoms with Gasteiger partial charge in [-0.2, -0.15) is 0 Å². The molecule has 0 aromatic heterocycles. The molecule has 4 rings (SSSR count). The summed E-state index contributed by atoms with van der Waals surface area (Å²) in [4.78, 5) is 12.6. The van der Waals surface area contributed by atoms with E-state index in [4.69, 9.17) is 4.74 Å². The van der Waals surface area contributed by atoms with Crippen molar-refractivity contribution < 1.29 is 14.6 Å². The lowest BCUT2D eigenvalue weighted by molar-refractivity contribution is -0.140. The van der Waals surface area contributed by atoms with Gasteiger partial charge in [0.15, 0.2) is 5.72 Å². The van der Waals surface area contributed by atoms with E-state index in [1.54, 1.807) is 6.92 Å². The van der Waals surface area contributed by atoms with Crippen molar-refractivity contribution in [2.24, 2.45) is 5.92 Å². The summed E-state index contributed by atoms with van der Waals surface area (Å²) in [6.45, 7) is 1.60. The zero-order valence-electron chi connectivity index (χ0n) is 12.4. The summed E-state index contributed by atoms with van der Waals surface area (Å²) in [5, 5.41) is 13.2. The number of hydrogen-bond acceptors (Lipinski definition) is 3. The fourth-order valence-corrected chi connectivity index (χ4v) is 4.71. The van der Waals surface area contributed by atoms with E-state index in [0.29, 0.717) is 5.57 Å². The van der Waals surface area contributed by atoms with Crippen molar-refractivity contribution in [3.8, 4) is 5.75 Å². The Bertz CT molecular complexity index is 695. The first-order valence-electron chi connectivity index (χ1n) is 7.72. The SMILES string of the molecule is C/C(O)=C1\C(=O)N[C@@]23CCCC[C@H]2[C@H]1c1cc(Br)ccc1O3. The lowest BCUT2D eigenvalue weighted by atomic mass is 9.64. The van der Waals surface area contributed by atoms with E-state index < -0.39 is 5.72 Å². The summed E-state index contributed by atoms with van der Waals surface area (Å²) in [5.74, 6) is 0.798. The second kappa shape index (κ2) is 4.75. The number of rotatable bonds is 0. The van der Waals surface area contributed by atoms with Crippen LogP contribution in [0.25, 0.3) is 0 Å². The van der Waals surface area contributed by atoms with Gasteiger partial charge in [-0.15, -0.1) is 0 Å². The number of aliphatic hydroxyl groups is 1. The van der Waals surface area contributed by atoms with Crippen molar-refractivity contribution in [1.82, 2.24) is 5.32 Å². The average molecular weight is 364 g/mol. The number of hydrogen-bond donors (Lipinski definition) is 2. The van der Waals surface area contributed by atoms with Gasteiger partial charge in [-0.3, -0.25) is 4.79 Å². The minimum atomic E-state index is -0.611. The molecule has 3 atom stereocenters. The first-order chi connectivity index (χ1) is 10.5. The van der Waals surface area contributed by atoms with E-state index in [9.17, 15) is 9.90 Å². The van der Waals surface area contributed by atoms with Gasteiger partial charge < -0.3 is 15.2 Å². The van der Waals surface area contributed by atoms with Crippen LogP contribution in [0.3, 0.4) is 0 Å². The van der Waals surface area contributed by atoms with Gasteiger partial charge in [-0.1, -0.05) is 22.4 Å². The third-order valence-electron chi connectivity index (χ3n) is 5.18. The van der Waals surface area contributed by atoms with Crippen LogP contribution in [0, 0.1) is 5.92 Å². The number of allylic oxidation sites excluding steroid dienone is 1. The van der Waals surface area contributed by atoms with Gasteiger partial charge >= 0.3 is 0 Å². The standard InChI is InChI=1S/C17H18BrNO3/c1-9(20)14-15-11-8-10(18)5-6-13(11)22-17(19-16(14)21)7-3-2-4-12(15)17/h5-6,8,12,15,20H,2-4,7H2,1H3,(H,19,21)/b14-9+/t12-,15+,17+/m0/s1. The number of fused-ring (bicyclic) bond motifs is 2. The van der Waals surface area contributed by atoms with Crippen LogP contribution in [0.4, 0.5) is 0 Å². The van der Waals surface area contributed by atoms with E-state index >= 15 is 0 Å². The quantitative estimate of drug-likeness (QED) is 0.544. The fraction of sp³-hybridized carbons (Fsp3) is 0.471. The van der Waals surface area contributed by atoms with Crippen LogP contribution in [-0.4, -0.2) is 16.7 Å². The third-order valence-corrected chi connectivity index (χ3v) is 5.68. The topological polar surface area (TPSA) is 58.6 Å². The van der Waals surface area contributed by atoms with Crippen molar-refractivity contribution in [2.75, 3.05) is 0 Å². The maximum Gasteiger partial charge on any atom is 0.254 e. The molecular formula is C17H18BrNO3. The summed E-state index contributed by atoms with van der Waals surface area (Å²) >= 11 is 3.50. The molecule has 1 saturated heterocycles. The van der Waals surface area contributed by atoms with Crippen LogP contribution in [-0.2, 0) is 4.79 Å². The molecule has 3 aliphatic rings. The largest absolute Gasteiger partial charge is 0.512 e. The number of nitrogens with one attached hydrogen (secondary N) is 1. The van der Waals surface area contributed by atoms with Gasteiger partial charge in [0, 0.05) is 28.3 Å². The molecule has 1 aliphatic carbocycles. The number of aliphatic hydroxyl groups excluding tert-OH is 1. The van der Waals surface area contributed by atoms with Crippen LogP contribution in [0.2, 0.25) is 0 Å². The van der Waals surface area contributed by atoms with E-state index in [1.807, 2.05) is 18.2 Å². The molecule has 0 unspecified atom stereocenters. The van der Waals surface area contributed by atoms with Crippen LogP contribution < -0.4 is 10.1 Å². The first kappa shape index (κ1) is 14.1. The van der Waals surface area contributed by atoms with Crippen molar-refractivity contribution in [2.45, 2.75) is 44.2 Å². The number of halogens is 1. The normalized spacial score (nSPS) is 34.9. The number of ether oxygens (including phenoxy) is 1. The van der Waals surface area contributed by atoms with Gasteiger partial charge in [-0.25, -0.2) is 0 Å². The molecule has 1 aromatic rings. The van der Waals surface area contributed by atoms with E-state index in [1.165, 1.54) is 0 Å². The second-order valence-electron chi connectivity index (χ2n) is 6.46. The van der Waals surface area contributed by atoms with Gasteiger partial charge in [0.2, 0.25) is 0 Å². The molecule has 2 aliphatic heterocycles. The number of piperidine rings is 1. The van der Waals surface area contributed by atoms with Gasteiger partial charge in [0.25, 0.3) is 5.91 Å².